The zero-order valence-electron chi connectivity index (χ0n) is 23.6. The van der Waals surface area contributed by atoms with E-state index in [1.54, 1.807) is 6.92 Å². The first-order chi connectivity index (χ1) is 20.3. The number of likely N-dealkylation sites (N-methyl/N-ethyl adjacent to an activating group) is 2. The molecule has 0 fully saturated rings. The standard InChI is InChI=1S/C29H20N6O5S3/c1-11-13(9-30)25(36)34(5)27(38)19(11)32-17-7-15-22(42-17)24-21(40-29(15,3)4)23-16(41-24)8-18(43-23)33-20-12(2)14(10-31)26(37)35(6)28(20)39/h7-8H,1-6H3. The molecule has 0 bridgehead atoms. The molecule has 3 aliphatic rings. The second-order valence-electron chi connectivity index (χ2n) is 10.5. The molecule has 0 saturated carbocycles. The van der Waals surface area contributed by atoms with Crippen LogP contribution in [0.4, 0.5) is 10.0 Å². The molecule has 6 rings (SSSR count). The number of hydrogen-bond donors (Lipinski definition) is 0. The van der Waals surface area contributed by atoms with Crippen molar-refractivity contribution in [3.8, 4) is 27.6 Å². The van der Waals surface area contributed by atoms with Crippen molar-refractivity contribution in [3.63, 3.8) is 0 Å². The highest BCUT2D eigenvalue weighted by Gasteiger charge is 2.39. The van der Waals surface area contributed by atoms with Gasteiger partial charge in [0.15, 0.2) is 5.75 Å². The minimum atomic E-state index is -0.753. The molecule has 14 heteroatoms. The highest BCUT2D eigenvalue weighted by atomic mass is 32.1. The number of thiophene rings is 3. The molecule has 0 unspecified atom stereocenters. The molecule has 6 heterocycles. The van der Waals surface area contributed by atoms with E-state index < -0.39 is 29.2 Å². The van der Waals surface area contributed by atoms with Crippen LogP contribution in [0.25, 0.3) is 19.2 Å². The molecule has 214 valence electrons. The van der Waals surface area contributed by atoms with Gasteiger partial charge in [-0.2, -0.15) is 10.5 Å². The van der Waals surface area contributed by atoms with E-state index in [1.807, 2.05) is 38.1 Å². The molecule has 0 radical (unpaired) electrons. The van der Waals surface area contributed by atoms with Gasteiger partial charge < -0.3 is 4.74 Å². The molecule has 43 heavy (non-hydrogen) atoms. The number of aliphatic imine (C=N–C) groups is 2. The fourth-order valence-corrected chi connectivity index (χ4v) is 8.67. The van der Waals surface area contributed by atoms with Crippen LogP contribution in [-0.4, -0.2) is 58.9 Å². The van der Waals surface area contributed by atoms with Crippen LogP contribution in [0.3, 0.4) is 0 Å². The zero-order chi connectivity index (χ0) is 31.1. The average molecular weight is 629 g/mol. The van der Waals surface area contributed by atoms with Crippen molar-refractivity contribution < 1.29 is 23.9 Å². The Morgan fingerprint density at radius 1 is 0.767 bits per heavy atom. The Morgan fingerprint density at radius 3 is 1.79 bits per heavy atom. The van der Waals surface area contributed by atoms with E-state index in [9.17, 15) is 29.7 Å². The van der Waals surface area contributed by atoms with Crippen LogP contribution in [0, 0.1) is 22.7 Å². The summed E-state index contributed by atoms with van der Waals surface area (Å²) in [5.74, 6) is -1.78. The maximum Gasteiger partial charge on any atom is 0.279 e. The number of amides is 4. The SMILES string of the molecule is CC1=C(C#N)C(=O)N(C)C(=O)C1=Nc1cc2c(s1)-c1sc3cc(N=C4C(=O)N(C)C(=O)C(C#N)=C4C)sc3c1OC2(C)C. The lowest BCUT2D eigenvalue weighted by molar-refractivity contribution is -0.138. The summed E-state index contributed by atoms with van der Waals surface area (Å²) in [5, 5.41) is 20.0. The first-order valence-electron chi connectivity index (χ1n) is 12.7. The normalized spacial score (nSPS) is 20.2. The van der Waals surface area contributed by atoms with Gasteiger partial charge in [0.2, 0.25) is 0 Å². The molecule has 3 aromatic heterocycles. The van der Waals surface area contributed by atoms with Gasteiger partial charge in [0.25, 0.3) is 23.6 Å². The van der Waals surface area contributed by atoms with Gasteiger partial charge in [-0.3, -0.25) is 29.0 Å². The van der Waals surface area contributed by atoms with Crippen LogP contribution < -0.4 is 4.74 Å². The summed E-state index contributed by atoms with van der Waals surface area (Å²) in [4.78, 5) is 63.1. The molecule has 0 N–H and O–H groups in total. The lowest BCUT2D eigenvalue weighted by Crippen LogP contribution is -2.44. The second kappa shape index (κ2) is 9.64. The maximum absolute atomic E-state index is 12.9. The number of imide groups is 2. The van der Waals surface area contributed by atoms with Crippen molar-refractivity contribution in [2.45, 2.75) is 33.3 Å². The monoisotopic (exact) mass is 628 g/mol. The van der Waals surface area contributed by atoms with Crippen LogP contribution in [0.15, 0.2) is 44.4 Å². The van der Waals surface area contributed by atoms with E-state index >= 15 is 0 Å². The molecule has 0 spiro atoms. The Balaban J connectivity index is 1.44. The Kier molecular flexibility index (Phi) is 6.36. The van der Waals surface area contributed by atoms with E-state index in [2.05, 4.69) is 9.98 Å². The summed E-state index contributed by atoms with van der Waals surface area (Å²) in [6.45, 7) is 6.94. The van der Waals surface area contributed by atoms with Crippen molar-refractivity contribution in [1.29, 1.82) is 10.5 Å². The largest absolute Gasteiger partial charge is 0.480 e. The fourth-order valence-electron chi connectivity index (χ4n) is 4.97. The van der Waals surface area contributed by atoms with Gasteiger partial charge >= 0.3 is 0 Å². The molecule has 4 amide bonds. The van der Waals surface area contributed by atoms with Crippen LogP contribution in [0.1, 0.15) is 33.3 Å². The number of hydrogen-bond acceptors (Lipinski definition) is 12. The van der Waals surface area contributed by atoms with E-state index in [0.717, 1.165) is 34.5 Å². The maximum atomic E-state index is 12.9. The van der Waals surface area contributed by atoms with E-state index in [4.69, 9.17) is 4.74 Å². The smallest absolute Gasteiger partial charge is 0.279 e. The molecule has 0 atom stereocenters. The number of rotatable bonds is 2. The Labute approximate surface area is 256 Å². The fraction of sp³-hybridized carbons (Fsp3) is 0.241. The Morgan fingerprint density at radius 2 is 1.28 bits per heavy atom. The van der Waals surface area contributed by atoms with Gasteiger partial charge in [-0.15, -0.1) is 34.0 Å². The van der Waals surface area contributed by atoms with Gasteiger partial charge in [-0.05, 0) is 39.8 Å². The Bertz CT molecular complexity index is 2090. The minimum absolute atomic E-state index is 0.0421. The van der Waals surface area contributed by atoms with Crippen molar-refractivity contribution in [2.75, 3.05) is 14.1 Å². The summed E-state index contributed by atoms with van der Waals surface area (Å²) >= 11 is 4.21. The van der Waals surface area contributed by atoms with E-state index in [-0.39, 0.29) is 33.7 Å². The summed E-state index contributed by atoms with van der Waals surface area (Å²) in [6.07, 6.45) is 0. The third-order valence-corrected chi connectivity index (χ3v) is 10.9. The summed E-state index contributed by atoms with van der Waals surface area (Å²) in [7, 11) is 2.65. The highest BCUT2D eigenvalue weighted by Crippen LogP contribution is 2.59. The summed E-state index contributed by atoms with van der Waals surface area (Å²) in [6, 6.07) is 7.46. The topological polar surface area (TPSA) is 156 Å². The van der Waals surface area contributed by atoms with Gasteiger partial charge in [-0.25, -0.2) is 9.98 Å². The molecule has 3 aliphatic heterocycles. The molecular weight excluding hydrogens is 609 g/mol. The number of fused-ring (bicyclic) bond motifs is 5. The predicted molar refractivity (Wildman–Crippen MR) is 163 cm³/mol. The average Bonchev–Trinajstić information content (AvgIpc) is 3.66. The van der Waals surface area contributed by atoms with Gasteiger partial charge in [0, 0.05) is 30.8 Å². The van der Waals surface area contributed by atoms with Crippen molar-refractivity contribution in [2.24, 2.45) is 9.98 Å². The lowest BCUT2D eigenvalue weighted by Gasteiger charge is -2.31. The van der Waals surface area contributed by atoms with Crippen LogP contribution in [0.5, 0.6) is 5.75 Å². The molecule has 11 nitrogen and oxygen atoms in total. The van der Waals surface area contributed by atoms with Gasteiger partial charge in [-0.1, -0.05) is 0 Å². The number of nitriles is 2. The van der Waals surface area contributed by atoms with Gasteiger partial charge in [0.05, 0.1) is 19.2 Å². The number of carbonyl (C=O) groups excluding carboxylic acids is 4. The first kappa shape index (κ1) is 28.4. The first-order valence-corrected chi connectivity index (χ1v) is 15.2. The van der Waals surface area contributed by atoms with E-state index in [1.165, 1.54) is 55.0 Å². The molecular formula is C29H20N6O5S3. The quantitative estimate of drug-likeness (QED) is 0.356. The third-order valence-electron chi connectivity index (χ3n) is 7.42. The van der Waals surface area contributed by atoms with Crippen LogP contribution in [-0.2, 0) is 24.8 Å². The van der Waals surface area contributed by atoms with Crippen molar-refractivity contribution >= 4 is 88.5 Å². The number of ether oxygens (including phenoxy) is 1. The Hall–Kier alpha value is -4.76. The molecule has 0 aliphatic carbocycles. The van der Waals surface area contributed by atoms with Gasteiger partial charge in [0.1, 0.15) is 50.3 Å². The van der Waals surface area contributed by atoms with Crippen molar-refractivity contribution in [3.05, 3.63) is 40.0 Å². The lowest BCUT2D eigenvalue weighted by atomic mass is 9.95. The second-order valence-corrected chi connectivity index (χ2v) is 13.6. The van der Waals surface area contributed by atoms with Crippen LogP contribution in [0.2, 0.25) is 0 Å². The summed E-state index contributed by atoms with van der Waals surface area (Å²) in [5.41, 5.74) is 0.463. The highest BCUT2D eigenvalue weighted by molar-refractivity contribution is 7.33. The third kappa shape index (κ3) is 4.10. The minimum Gasteiger partial charge on any atom is -0.480 e. The molecule has 0 saturated heterocycles. The molecule has 3 aromatic rings. The molecule has 0 aromatic carbocycles. The predicted octanol–water partition coefficient (Wildman–Crippen LogP) is 5.14. The zero-order valence-corrected chi connectivity index (χ0v) is 26.1. The number of nitrogens with zero attached hydrogens (tertiary/aromatic N) is 6. The van der Waals surface area contributed by atoms with Crippen molar-refractivity contribution in [1.82, 2.24) is 9.80 Å². The van der Waals surface area contributed by atoms with Crippen LogP contribution >= 0.6 is 34.0 Å². The summed E-state index contributed by atoms with van der Waals surface area (Å²) < 4.78 is 8.23. The van der Waals surface area contributed by atoms with E-state index in [0.29, 0.717) is 15.8 Å². The number of carbonyl (C=O) groups is 4.